The SMILES string of the molecule is COc1ccccc1C(CN1CCNCC1)C(=O)O. The maximum absolute atomic E-state index is 11.5. The predicted molar refractivity (Wildman–Crippen MR) is 72.7 cm³/mol. The fourth-order valence-electron chi connectivity index (χ4n) is 2.42. The van der Waals surface area contributed by atoms with Crippen molar-refractivity contribution in [3.63, 3.8) is 0 Å². The normalized spacial score (nSPS) is 17.9. The van der Waals surface area contributed by atoms with E-state index in [1.807, 2.05) is 24.3 Å². The number of methoxy groups -OCH3 is 1. The van der Waals surface area contributed by atoms with Crippen LogP contribution in [0, 0.1) is 0 Å². The van der Waals surface area contributed by atoms with Crippen LogP contribution in [0.4, 0.5) is 0 Å². The van der Waals surface area contributed by atoms with E-state index in [0.29, 0.717) is 12.3 Å². The van der Waals surface area contributed by atoms with E-state index in [4.69, 9.17) is 4.74 Å². The van der Waals surface area contributed by atoms with E-state index in [-0.39, 0.29) is 0 Å². The van der Waals surface area contributed by atoms with Gasteiger partial charge in [-0.2, -0.15) is 0 Å². The second kappa shape index (κ2) is 6.54. The molecule has 1 aromatic rings. The smallest absolute Gasteiger partial charge is 0.312 e. The topological polar surface area (TPSA) is 61.8 Å². The molecule has 1 atom stereocenters. The minimum absolute atomic E-state index is 0.525. The van der Waals surface area contributed by atoms with Crippen molar-refractivity contribution in [2.24, 2.45) is 0 Å². The number of carboxylic acid groups (broad SMARTS) is 1. The monoisotopic (exact) mass is 264 g/mol. The molecule has 19 heavy (non-hydrogen) atoms. The van der Waals surface area contributed by atoms with Gasteiger partial charge in [-0.05, 0) is 6.07 Å². The number of hydrogen-bond acceptors (Lipinski definition) is 4. The second-order valence-electron chi connectivity index (χ2n) is 4.68. The van der Waals surface area contributed by atoms with Crippen LogP contribution in [0.25, 0.3) is 0 Å². The van der Waals surface area contributed by atoms with Crippen molar-refractivity contribution in [1.82, 2.24) is 10.2 Å². The van der Waals surface area contributed by atoms with Crippen LogP contribution in [-0.2, 0) is 4.79 Å². The molecule has 2 N–H and O–H groups in total. The molecule has 1 aliphatic heterocycles. The molecule has 1 heterocycles. The number of carbonyl (C=O) groups is 1. The highest BCUT2D eigenvalue weighted by Gasteiger charge is 2.26. The standard InChI is InChI=1S/C14H20N2O3/c1-19-13-5-3-2-4-11(13)12(14(17)18)10-16-8-6-15-7-9-16/h2-5,12,15H,6-10H2,1H3,(H,17,18). The summed E-state index contributed by atoms with van der Waals surface area (Å²) in [6, 6.07) is 7.35. The molecule has 0 spiro atoms. The summed E-state index contributed by atoms with van der Waals surface area (Å²) in [5.41, 5.74) is 0.746. The van der Waals surface area contributed by atoms with Gasteiger partial charge in [0, 0.05) is 38.3 Å². The summed E-state index contributed by atoms with van der Waals surface area (Å²) in [7, 11) is 1.57. The number of aliphatic carboxylic acids is 1. The first-order valence-electron chi connectivity index (χ1n) is 6.51. The van der Waals surface area contributed by atoms with E-state index in [0.717, 1.165) is 31.7 Å². The predicted octanol–water partition coefficient (Wildman–Crippen LogP) is 0.769. The van der Waals surface area contributed by atoms with Gasteiger partial charge in [0.1, 0.15) is 5.75 Å². The minimum atomic E-state index is -0.803. The van der Waals surface area contributed by atoms with Crippen LogP contribution >= 0.6 is 0 Å². The summed E-state index contributed by atoms with van der Waals surface area (Å²) in [5, 5.41) is 12.7. The Kier molecular flexibility index (Phi) is 4.76. The Morgan fingerprint density at radius 1 is 1.42 bits per heavy atom. The molecule has 5 heteroatoms. The van der Waals surface area contributed by atoms with E-state index in [1.165, 1.54) is 0 Å². The number of carboxylic acids is 1. The zero-order valence-electron chi connectivity index (χ0n) is 11.1. The molecular weight excluding hydrogens is 244 g/mol. The van der Waals surface area contributed by atoms with Crippen molar-refractivity contribution >= 4 is 5.97 Å². The summed E-state index contributed by atoms with van der Waals surface area (Å²) in [5.74, 6) is -0.706. The Bertz CT molecular complexity index is 430. The fourth-order valence-corrected chi connectivity index (χ4v) is 2.42. The maximum atomic E-state index is 11.5. The molecule has 1 aliphatic rings. The molecular formula is C14H20N2O3. The van der Waals surface area contributed by atoms with Crippen molar-refractivity contribution < 1.29 is 14.6 Å². The van der Waals surface area contributed by atoms with Crippen LogP contribution in [0.3, 0.4) is 0 Å². The molecule has 0 aliphatic carbocycles. The number of nitrogens with zero attached hydrogens (tertiary/aromatic N) is 1. The number of nitrogens with one attached hydrogen (secondary N) is 1. The third-order valence-corrected chi connectivity index (χ3v) is 3.46. The third-order valence-electron chi connectivity index (χ3n) is 3.46. The van der Waals surface area contributed by atoms with Crippen LogP contribution in [0.15, 0.2) is 24.3 Å². The first-order valence-corrected chi connectivity index (χ1v) is 6.51. The van der Waals surface area contributed by atoms with Crippen LogP contribution in [0.1, 0.15) is 11.5 Å². The van der Waals surface area contributed by atoms with E-state index >= 15 is 0 Å². The number of rotatable bonds is 5. The van der Waals surface area contributed by atoms with Gasteiger partial charge in [-0.3, -0.25) is 9.69 Å². The molecule has 0 saturated carbocycles. The van der Waals surface area contributed by atoms with E-state index < -0.39 is 11.9 Å². The largest absolute Gasteiger partial charge is 0.496 e. The third kappa shape index (κ3) is 3.45. The van der Waals surface area contributed by atoms with E-state index in [1.54, 1.807) is 7.11 Å². The van der Waals surface area contributed by atoms with E-state index in [9.17, 15) is 9.90 Å². The Labute approximate surface area is 113 Å². The van der Waals surface area contributed by atoms with E-state index in [2.05, 4.69) is 10.2 Å². The lowest BCUT2D eigenvalue weighted by atomic mass is 9.97. The van der Waals surface area contributed by atoms with Crippen LogP contribution in [0.5, 0.6) is 5.75 Å². The van der Waals surface area contributed by atoms with Crippen molar-refractivity contribution in [2.45, 2.75) is 5.92 Å². The highest BCUT2D eigenvalue weighted by atomic mass is 16.5. The number of hydrogen-bond donors (Lipinski definition) is 2. The fraction of sp³-hybridized carbons (Fsp3) is 0.500. The zero-order valence-corrected chi connectivity index (χ0v) is 11.1. The molecule has 0 radical (unpaired) electrons. The van der Waals surface area contributed by atoms with Crippen molar-refractivity contribution in [2.75, 3.05) is 39.8 Å². The first kappa shape index (κ1) is 13.8. The summed E-state index contributed by atoms with van der Waals surface area (Å²) < 4.78 is 5.27. The molecule has 0 amide bonds. The second-order valence-corrected chi connectivity index (χ2v) is 4.68. The van der Waals surface area contributed by atoms with Crippen LogP contribution < -0.4 is 10.1 Å². The number of ether oxygens (including phenoxy) is 1. The Balaban J connectivity index is 2.17. The first-order chi connectivity index (χ1) is 9.22. The molecule has 5 nitrogen and oxygen atoms in total. The van der Waals surface area contributed by atoms with Gasteiger partial charge in [0.2, 0.25) is 0 Å². The molecule has 1 saturated heterocycles. The highest BCUT2D eigenvalue weighted by molar-refractivity contribution is 5.77. The summed E-state index contributed by atoms with van der Waals surface area (Å²) in [6.45, 7) is 4.13. The molecule has 1 aromatic carbocycles. The average Bonchev–Trinajstić information content (AvgIpc) is 2.45. The van der Waals surface area contributed by atoms with Crippen molar-refractivity contribution in [3.05, 3.63) is 29.8 Å². The summed E-state index contributed by atoms with van der Waals surface area (Å²) in [4.78, 5) is 13.7. The van der Waals surface area contributed by atoms with Gasteiger partial charge in [0.15, 0.2) is 0 Å². The number of piperazine rings is 1. The zero-order chi connectivity index (χ0) is 13.7. The lowest BCUT2D eigenvalue weighted by Gasteiger charge is -2.30. The minimum Gasteiger partial charge on any atom is -0.496 e. The lowest BCUT2D eigenvalue weighted by Crippen LogP contribution is -2.45. The molecule has 1 unspecified atom stereocenters. The molecule has 2 rings (SSSR count). The lowest BCUT2D eigenvalue weighted by molar-refractivity contribution is -0.139. The van der Waals surface area contributed by atoms with Crippen LogP contribution in [0.2, 0.25) is 0 Å². The number of benzene rings is 1. The molecule has 0 bridgehead atoms. The Morgan fingerprint density at radius 2 is 2.11 bits per heavy atom. The molecule has 104 valence electrons. The van der Waals surface area contributed by atoms with Gasteiger partial charge in [0.05, 0.1) is 13.0 Å². The van der Waals surface area contributed by atoms with Gasteiger partial charge < -0.3 is 15.2 Å². The summed E-state index contributed by atoms with van der Waals surface area (Å²) in [6.07, 6.45) is 0. The van der Waals surface area contributed by atoms with Crippen molar-refractivity contribution in [1.29, 1.82) is 0 Å². The Morgan fingerprint density at radius 3 is 2.74 bits per heavy atom. The number of para-hydroxylation sites is 1. The Hall–Kier alpha value is -1.59. The highest BCUT2D eigenvalue weighted by Crippen LogP contribution is 2.27. The van der Waals surface area contributed by atoms with Gasteiger partial charge in [0.25, 0.3) is 0 Å². The quantitative estimate of drug-likeness (QED) is 0.822. The van der Waals surface area contributed by atoms with Crippen molar-refractivity contribution in [3.8, 4) is 5.75 Å². The van der Waals surface area contributed by atoms with Gasteiger partial charge in [-0.15, -0.1) is 0 Å². The van der Waals surface area contributed by atoms with Crippen LogP contribution in [-0.4, -0.2) is 55.8 Å². The molecule has 0 aromatic heterocycles. The molecule has 1 fully saturated rings. The van der Waals surface area contributed by atoms with Gasteiger partial charge >= 0.3 is 5.97 Å². The average molecular weight is 264 g/mol. The van der Waals surface area contributed by atoms with Gasteiger partial charge in [-0.1, -0.05) is 18.2 Å². The summed E-state index contributed by atoms with van der Waals surface area (Å²) >= 11 is 0. The maximum Gasteiger partial charge on any atom is 0.312 e. The van der Waals surface area contributed by atoms with Gasteiger partial charge in [-0.25, -0.2) is 0 Å².